The highest BCUT2D eigenvalue weighted by Gasteiger charge is 2.17. The van der Waals surface area contributed by atoms with E-state index < -0.39 is 0 Å². The third kappa shape index (κ3) is 1.62. The Hall–Kier alpha value is -2.05. The average Bonchev–Trinajstić information content (AvgIpc) is 2.75. The second-order valence-electron chi connectivity index (χ2n) is 3.90. The van der Waals surface area contributed by atoms with Gasteiger partial charge in [0.05, 0.1) is 0 Å². The highest BCUT2D eigenvalue weighted by atomic mass is 16.2. The van der Waals surface area contributed by atoms with Gasteiger partial charge in [0.2, 0.25) is 0 Å². The van der Waals surface area contributed by atoms with Crippen molar-refractivity contribution >= 4 is 16.9 Å². The molecule has 0 aliphatic heterocycles. The Labute approximate surface area is 103 Å². The van der Waals surface area contributed by atoms with Crippen molar-refractivity contribution in [2.75, 3.05) is 11.9 Å². The SMILES string of the molecule is CCNc1[nH]nc2c1c(=O)n(CC)c(=O)n2CC. The Morgan fingerprint density at radius 2 is 1.83 bits per heavy atom. The molecule has 7 nitrogen and oxygen atoms in total. The minimum absolute atomic E-state index is 0.299. The van der Waals surface area contributed by atoms with Crippen molar-refractivity contribution in [3.8, 4) is 0 Å². The van der Waals surface area contributed by atoms with Gasteiger partial charge in [-0.25, -0.2) is 4.79 Å². The fraction of sp³-hybridized carbons (Fsp3) is 0.545. The molecule has 2 rings (SSSR count). The maximum absolute atomic E-state index is 12.3. The second-order valence-corrected chi connectivity index (χ2v) is 3.90. The summed E-state index contributed by atoms with van der Waals surface area (Å²) in [4.78, 5) is 24.3. The van der Waals surface area contributed by atoms with Crippen LogP contribution in [0.3, 0.4) is 0 Å². The van der Waals surface area contributed by atoms with E-state index in [4.69, 9.17) is 0 Å². The summed E-state index contributed by atoms with van der Waals surface area (Å²) in [6, 6.07) is 0. The molecule has 0 saturated heterocycles. The molecule has 18 heavy (non-hydrogen) atoms. The lowest BCUT2D eigenvalue weighted by Gasteiger charge is -2.08. The molecule has 2 aromatic heterocycles. The fourth-order valence-electron chi connectivity index (χ4n) is 2.06. The Morgan fingerprint density at radius 1 is 1.17 bits per heavy atom. The quantitative estimate of drug-likeness (QED) is 0.821. The predicted octanol–water partition coefficient (Wildman–Crippen LogP) is 0.358. The number of hydrogen-bond acceptors (Lipinski definition) is 4. The van der Waals surface area contributed by atoms with E-state index >= 15 is 0 Å². The largest absolute Gasteiger partial charge is 0.370 e. The van der Waals surface area contributed by atoms with Gasteiger partial charge in [-0.15, -0.1) is 0 Å². The molecule has 0 atom stereocenters. The van der Waals surface area contributed by atoms with Crippen LogP contribution in [0.1, 0.15) is 20.8 Å². The summed E-state index contributed by atoms with van der Waals surface area (Å²) in [5.41, 5.74) is -0.202. The van der Waals surface area contributed by atoms with E-state index in [1.165, 1.54) is 9.13 Å². The first-order chi connectivity index (χ1) is 8.65. The zero-order valence-corrected chi connectivity index (χ0v) is 10.8. The molecule has 0 unspecified atom stereocenters. The number of H-pyrrole nitrogens is 1. The van der Waals surface area contributed by atoms with Crippen LogP contribution in [0.25, 0.3) is 11.0 Å². The van der Waals surface area contributed by atoms with Gasteiger partial charge >= 0.3 is 5.69 Å². The lowest BCUT2D eigenvalue weighted by Crippen LogP contribution is -2.39. The molecule has 0 aromatic carbocycles. The summed E-state index contributed by atoms with van der Waals surface area (Å²) < 4.78 is 2.72. The van der Waals surface area contributed by atoms with E-state index in [0.29, 0.717) is 36.5 Å². The van der Waals surface area contributed by atoms with Gasteiger partial charge in [-0.05, 0) is 20.8 Å². The van der Waals surface area contributed by atoms with E-state index in [-0.39, 0.29) is 11.2 Å². The number of aromatic amines is 1. The molecule has 0 bridgehead atoms. The summed E-state index contributed by atoms with van der Waals surface area (Å²) in [6.45, 7) is 7.07. The summed E-state index contributed by atoms with van der Waals surface area (Å²) in [5.74, 6) is 0.571. The topological polar surface area (TPSA) is 84.7 Å². The summed E-state index contributed by atoms with van der Waals surface area (Å²) in [7, 11) is 0. The van der Waals surface area contributed by atoms with Crippen molar-refractivity contribution in [2.24, 2.45) is 0 Å². The molecule has 0 aliphatic rings. The number of rotatable bonds is 4. The van der Waals surface area contributed by atoms with E-state index in [1.54, 1.807) is 6.92 Å². The molecule has 0 radical (unpaired) electrons. The molecular weight excluding hydrogens is 234 g/mol. The summed E-state index contributed by atoms with van der Waals surface area (Å²) >= 11 is 0. The number of aryl methyl sites for hydroxylation is 1. The Bertz CT molecular complexity index is 679. The van der Waals surface area contributed by atoms with Crippen LogP contribution in [0, 0.1) is 0 Å². The van der Waals surface area contributed by atoms with Gasteiger partial charge in [0.1, 0.15) is 11.2 Å². The first-order valence-electron chi connectivity index (χ1n) is 6.11. The van der Waals surface area contributed by atoms with E-state index in [0.717, 1.165) is 0 Å². The van der Waals surface area contributed by atoms with Crippen LogP contribution in [0.5, 0.6) is 0 Å². The van der Waals surface area contributed by atoms with Gasteiger partial charge in [-0.1, -0.05) is 0 Å². The first-order valence-corrected chi connectivity index (χ1v) is 6.11. The predicted molar refractivity (Wildman–Crippen MR) is 70.1 cm³/mol. The smallest absolute Gasteiger partial charge is 0.332 e. The zero-order chi connectivity index (χ0) is 13.3. The molecule has 0 spiro atoms. The minimum atomic E-state index is -0.313. The van der Waals surface area contributed by atoms with Crippen LogP contribution in [0.2, 0.25) is 0 Å². The average molecular weight is 251 g/mol. The van der Waals surface area contributed by atoms with E-state index in [2.05, 4.69) is 15.5 Å². The monoisotopic (exact) mass is 251 g/mol. The van der Waals surface area contributed by atoms with Crippen molar-refractivity contribution in [2.45, 2.75) is 33.9 Å². The normalized spacial score (nSPS) is 11.1. The Morgan fingerprint density at radius 3 is 2.39 bits per heavy atom. The van der Waals surface area contributed by atoms with Crippen molar-refractivity contribution in [3.63, 3.8) is 0 Å². The van der Waals surface area contributed by atoms with Gasteiger partial charge in [0.15, 0.2) is 5.65 Å². The molecular formula is C11H17N5O2. The summed E-state index contributed by atoms with van der Waals surface area (Å²) in [5, 5.41) is 10.3. The van der Waals surface area contributed by atoms with Crippen LogP contribution in [-0.4, -0.2) is 25.9 Å². The maximum atomic E-state index is 12.3. The highest BCUT2D eigenvalue weighted by molar-refractivity contribution is 5.86. The number of nitrogens with zero attached hydrogens (tertiary/aromatic N) is 3. The van der Waals surface area contributed by atoms with Gasteiger partial charge in [-0.3, -0.25) is 19.0 Å². The summed E-state index contributed by atoms with van der Waals surface area (Å²) in [6.07, 6.45) is 0. The van der Waals surface area contributed by atoms with Crippen molar-refractivity contribution in [1.29, 1.82) is 0 Å². The molecule has 2 aromatic rings. The Kier molecular flexibility index (Phi) is 3.22. The molecule has 0 aliphatic carbocycles. The lowest BCUT2D eigenvalue weighted by atomic mass is 10.3. The van der Waals surface area contributed by atoms with Crippen molar-refractivity contribution < 1.29 is 0 Å². The van der Waals surface area contributed by atoms with Crippen LogP contribution in [-0.2, 0) is 13.1 Å². The van der Waals surface area contributed by atoms with Gasteiger partial charge < -0.3 is 5.32 Å². The van der Waals surface area contributed by atoms with Crippen LogP contribution >= 0.6 is 0 Å². The van der Waals surface area contributed by atoms with Crippen LogP contribution < -0.4 is 16.6 Å². The Balaban J connectivity index is 2.93. The molecule has 0 saturated carbocycles. The molecule has 7 heteroatoms. The minimum Gasteiger partial charge on any atom is -0.370 e. The number of nitrogens with one attached hydrogen (secondary N) is 2. The number of aromatic nitrogens is 4. The van der Waals surface area contributed by atoms with Gasteiger partial charge in [-0.2, -0.15) is 5.10 Å². The van der Waals surface area contributed by atoms with Crippen LogP contribution in [0.4, 0.5) is 5.82 Å². The molecule has 2 heterocycles. The number of fused-ring (bicyclic) bond motifs is 1. The van der Waals surface area contributed by atoms with Gasteiger partial charge in [0, 0.05) is 19.6 Å². The first kappa shape index (κ1) is 12.4. The zero-order valence-electron chi connectivity index (χ0n) is 10.8. The number of anilines is 1. The van der Waals surface area contributed by atoms with E-state index in [9.17, 15) is 9.59 Å². The standard InChI is InChI=1S/C11H17N5O2/c1-4-12-8-7-9(14-13-8)15(5-2)11(18)16(6-3)10(7)17/h4-6H2,1-3H3,(H2,12,13,14). The van der Waals surface area contributed by atoms with Crippen molar-refractivity contribution in [1.82, 2.24) is 19.3 Å². The van der Waals surface area contributed by atoms with E-state index in [1.807, 2.05) is 13.8 Å². The third-order valence-electron chi connectivity index (χ3n) is 2.91. The van der Waals surface area contributed by atoms with Gasteiger partial charge in [0.25, 0.3) is 5.56 Å². The van der Waals surface area contributed by atoms with Crippen molar-refractivity contribution in [3.05, 3.63) is 20.8 Å². The highest BCUT2D eigenvalue weighted by Crippen LogP contribution is 2.14. The maximum Gasteiger partial charge on any atom is 0.332 e. The van der Waals surface area contributed by atoms with Crippen LogP contribution in [0.15, 0.2) is 9.59 Å². The lowest BCUT2D eigenvalue weighted by molar-refractivity contribution is 0.606. The molecule has 98 valence electrons. The molecule has 0 fully saturated rings. The second kappa shape index (κ2) is 4.67. The molecule has 2 N–H and O–H groups in total. The number of hydrogen-bond donors (Lipinski definition) is 2. The third-order valence-corrected chi connectivity index (χ3v) is 2.91. The molecule has 0 amide bonds. The fourth-order valence-corrected chi connectivity index (χ4v) is 2.06.